The first-order chi connectivity index (χ1) is 10.8. The summed E-state index contributed by atoms with van der Waals surface area (Å²) in [6.07, 6.45) is 0.0252. The Kier molecular flexibility index (Phi) is 4.76. The van der Waals surface area contributed by atoms with Crippen molar-refractivity contribution in [2.45, 2.75) is 18.2 Å². The lowest BCUT2D eigenvalue weighted by atomic mass is 9.87. The average molecular weight is 341 g/mol. The van der Waals surface area contributed by atoms with Gasteiger partial charge >= 0.3 is 11.9 Å². The summed E-state index contributed by atoms with van der Waals surface area (Å²) in [6, 6.07) is 6.38. The number of sulfonamides is 1. The zero-order valence-electron chi connectivity index (χ0n) is 13.2. The Labute approximate surface area is 135 Å². The predicted molar refractivity (Wildman–Crippen MR) is 81.0 cm³/mol. The number of carbonyl (C=O) groups is 2. The molecule has 7 nitrogen and oxygen atoms in total. The molecule has 0 N–H and O–H groups in total. The molecule has 1 heterocycles. The van der Waals surface area contributed by atoms with Crippen LogP contribution < -0.4 is 0 Å². The summed E-state index contributed by atoms with van der Waals surface area (Å²) in [6.45, 7) is 1.61. The van der Waals surface area contributed by atoms with Gasteiger partial charge in [-0.05, 0) is 25.5 Å². The van der Waals surface area contributed by atoms with Crippen molar-refractivity contribution in [3.63, 3.8) is 0 Å². The fourth-order valence-electron chi connectivity index (χ4n) is 2.65. The van der Waals surface area contributed by atoms with Gasteiger partial charge in [-0.2, -0.15) is 4.31 Å². The van der Waals surface area contributed by atoms with Crippen LogP contribution in [0.25, 0.3) is 0 Å². The molecule has 1 saturated heterocycles. The third-order valence-corrected chi connectivity index (χ3v) is 5.90. The summed E-state index contributed by atoms with van der Waals surface area (Å²) < 4.78 is 35.8. The highest BCUT2D eigenvalue weighted by atomic mass is 32.2. The minimum atomic E-state index is -3.79. The van der Waals surface area contributed by atoms with Crippen molar-refractivity contribution >= 4 is 22.0 Å². The van der Waals surface area contributed by atoms with Gasteiger partial charge in [0.25, 0.3) is 0 Å². The molecule has 8 heteroatoms. The van der Waals surface area contributed by atoms with E-state index in [1.54, 1.807) is 12.1 Å². The SMILES string of the molecule is COC(=O)C1(C(=O)OC)CCN(S(=O)(=O)c2ccc(C)cc2)C1. The van der Waals surface area contributed by atoms with Gasteiger partial charge < -0.3 is 9.47 Å². The summed E-state index contributed by atoms with van der Waals surface area (Å²) in [4.78, 5) is 24.2. The molecule has 0 aromatic heterocycles. The Balaban J connectivity index is 2.35. The number of ether oxygens (including phenoxy) is 2. The van der Waals surface area contributed by atoms with Gasteiger partial charge in [0, 0.05) is 13.1 Å². The summed E-state index contributed by atoms with van der Waals surface area (Å²) in [5.74, 6) is -1.57. The molecular formula is C15H19NO6S. The van der Waals surface area contributed by atoms with Crippen LogP contribution >= 0.6 is 0 Å². The second-order valence-corrected chi connectivity index (χ2v) is 7.40. The summed E-state index contributed by atoms with van der Waals surface area (Å²) in [7, 11) is -1.48. The summed E-state index contributed by atoms with van der Waals surface area (Å²) in [5.41, 5.74) is -0.676. The number of carbonyl (C=O) groups excluding carboxylic acids is 2. The maximum absolute atomic E-state index is 12.7. The minimum Gasteiger partial charge on any atom is -0.468 e. The van der Waals surface area contributed by atoms with Gasteiger partial charge in [-0.25, -0.2) is 8.42 Å². The van der Waals surface area contributed by atoms with Crippen molar-refractivity contribution in [1.82, 2.24) is 4.31 Å². The minimum absolute atomic E-state index is 0.0252. The molecular weight excluding hydrogens is 322 g/mol. The zero-order valence-corrected chi connectivity index (χ0v) is 14.1. The van der Waals surface area contributed by atoms with Crippen molar-refractivity contribution in [2.75, 3.05) is 27.3 Å². The molecule has 23 heavy (non-hydrogen) atoms. The van der Waals surface area contributed by atoms with E-state index in [0.29, 0.717) is 0 Å². The van der Waals surface area contributed by atoms with E-state index < -0.39 is 27.4 Å². The largest absolute Gasteiger partial charge is 0.468 e. The smallest absolute Gasteiger partial charge is 0.324 e. The van der Waals surface area contributed by atoms with E-state index in [2.05, 4.69) is 9.47 Å². The molecule has 0 amide bonds. The molecule has 0 saturated carbocycles. The number of rotatable bonds is 4. The molecule has 2 rings (SSSR count). The lowest BCUT2D eigenvalue weighted by Crippen LogP contribution is -2.44. The fourth-order valence-corrected chi connectivity index (χ4v) is 4.15. The highest BCUT2D eigenvalue weighted by molar-refractivity contribution is 7.89. The number of aryl methyl sites for hydroxylation is 1. The average Bonchev–Trinajstić information content (AvgIpc) is 3.01. The van der Waals surface area contributed by atoms with Crippen LogP contribution in [0.4, 0.5) is 0 Å². The van der Waals surface area contributed by atoms with Crippen LogP contribution in [0.5, 0.6) is 0 Å². The van der Waals surface area contributed by atoms with Crippen molar-refractivity contribution < 1.29 is 27.5 Å². The van der Waals surface area contributed by atoms with E-state index in [1.807, 2.05) is 6.92 Å². The zero-order chi connectivity index (χ0) is 17.3. The molecule has 1 aliphatic heterocycles. The molecule has 1 aromatic carbocycles. The van der Waals surface area contributed by atoms with E-state index >= 15 is 0 Å². The third kappa shape index (κ3) is 2.96. The molecule has 0 bridgehead atoms. The Morgan fingerprint density at radius 1 is 1.09 bits per heavy atom. The molecule has 0 aliphatic carbocycles. The molecule has 0 atom stereocenters. The van der Waals surface area contributed by atoms with Crippen LogP contribution in [-0.2, 0) is 29.1 Å². The van der Waals surface area contributed by atoms with Crippen LogP contribution in [0.15, 0.2) is 29.2 Å². The van der Waals surface area contributed by atoms with Gasteiger partial charge in [-0.3, -0.25) is 9.59 Å². The van der Waals surface area contributed by atoms with Crippen molar-refractivity contribution in [2.24, 2.45) is 5.41 Å². The quantitative estimate of drug-likeness (QED) is 0.592. The first-order valence-corrected chi connectivity index (χ1v) is 8.45. The third-order valence-electron chi connectivity index (χ3n) is 4.05. The van der Waals surface area contributed by atoms with Gasteiger partial charge in [0.1, 0.15) is 0 Å². The molecule has 126 valence electrons. The van der Waals surface area contributed by atoms with Crippen molar-refractivity contribution in [3.05, 3.63) is 29.8 Å². The van der Waals surface area contributed by atoms with Crippen LogP contribution in [0.2, 0.25) is 0 Å². The van der Waals surface area contributed by atoms with E-state index in [4.69, 9.17) is 0 Å². The lowest BCUT2D eigenvalue weighted by molar-refractivity contribution is -0.167. The van der Waals surface area contributed by atoms with Gasteiger partial charge in [-0.1, -0.05) is 17.7 Å². The number of hydrogen-bond acceptors (Lipinski definition) is 6. The number of nitrogens with zero attached hydrogens (tertiary/aromatic N) is 1. The topological polar surface area (TPSA) is 90.0 Å². The molecule has 1 aromatic rings. The summed E-state index contributed by atoms with van der Waals surface area (Å²) in [5, 5.41) is 0. The van der Waals surface area contributed by atoms with Gasteiger partial charge in [-0.15, -0.1) is 0 Å². The first-order valence-electron chi connectivity index (χ1n) is 7.01. The second kappa shape index (κ2) is 6.29. The molecule has 0 spiro atoms. The first kappa shape index (κ1) is 17.4. The Morgan fingerprint density at radius 3 is 2.09 bits per heavy atom. The van der Waals surface area contributed by atoms with Crippen LogP contribution in [0.3, 0.4) is 0 Å². The van der Waals surface area contributed by atoms with Gasteiger partial charge in [0.05, 0.1) is 19.1 Å². The van der Waals surface area contributed by atoms with Crippen LogP contribution in [0.1, 0.15) is 12.0 Å². The molecule has 1 aliphatic rings. The standard InChI is InChI=1S/C15H19NO6S/c1-11-4-6-12(7-5-11)23(19,20)16-9-8-15(10-16,13(17)21-2)14(18)22-3/h4-7H,8-10H2,1-3H3. The molecule has 0 radical (unpaired) electrons. The van der Waals surface area contributed by atoms with E-state index in [0.717, 1.165) is 24.1 Å². The number of benzene rings is 1. The normalized spacial score (nSPS) is 17.7. The van der Waals surface area contributed by atoms with Crippen molar-refractivity contribution in [1.29, 1.82) is 0 Å². The Bertz CT molecular complexity index is 694. The monoisotopic (exact) mass is 341 g/mol. The van der Waals surface area contributed by atoms with E-state index in [-0.39, 0.29) is 24.4 Å². The number of methoxy groups -OCH3 is 2. The van der Waals surface area contributed by atoms with Crippen molar-refractivity contribution in [3.8, 4) is 0 Å². The van der Waals surface area contributed by atoms with Crippen LogP contribution in [-0.4, -0.2) is 52.0 Å². The van der Waals surface area contributed by atoms with E-state index in [9.17, 15) is 18.0 Å². The van der Waals surface area contributed by atoms with Crippen LogP contribution in [0, 0.1) is 12.3 Å². The van der Waals surface area contributed by atoms with E-state index in [1.165, 1.54) is 12.1 Å². The number of esters is 2. The molecule has 1 fully saturated rings. The second-order valence-electron chi connectivity index (χ2n) is 5.47. The van der Waals surface area contributed by atoms with Gasteiger partial charge in [0.15, 0.2) is 5.41 Å². The number of hydrogen-bond donors (Lipinski definition) is 0. The fraction of sp³-hybridized carbons (Fsp3) is 0.467. The lowest BCUT2D eigenvalue weighted by Gasteiger charge is -2.23. The Hall–Kier alpha value is -1.93. The maximum atomic E-state index is 12.7. The predicted octanol–water partition coefficient (Wildman–Crippen LogP) is 0.722. The maximum Gasteiger partial charge on any atom is 0.324 e. The van der Waals surface area contributed by atoms with Gasteiger partial charge in [0.2, 0.25) is 10.0 Å². The summed E-state index contributed by atoms with van der Waals surface area (Å²) >= 11 is 0. The Morgan fingerprint density at radius 2 is 1.61 bits per heavy atom. The molecule has 0 unspecified atom stereocenters. The highest BCUT2D eigenvalue weighted by Gasteiger charge is 2.55. The highest BCUT2D eigenvalue weighted by Crippen LogP contribution is 2.36.